The van der Waals surface area contributed by atoms with Crippen LogP contribution >= 0.6 is 0 Å². The van der Waals surface area contributed by atoms with Crippen LogP contribution in [0.3, 0.4) is 0 Å². The molecular formula is C34H36N6O4. The van der Waals surface area contributed by atoms with Gasteiger partial charge in [0.05, 0.1) is 23.7 Å². The monoisotopic (exact) mass is 592 g/mol. The Morgan fingerprint density at radius 3 is 2.80 bits per heavy atom. The Kier molecular flexibility index (Phi) is 8.75. The molecule has 3 N–H and O–H groups in total. The summed E-state index contributed by atoms with van der Waals surface area (Å²) >= 11 is 0. The topological polar surface area (TPSA) is 121 Å². The first-order chi connectivity index (χ1) is 21.5. The number of hydrogen-bond acceptors (Lipinski definition) is 8. The molecule has 10 heteroatoms. The van der Waals surface area contributed by atoms with Gasteiger partial charge in [-0.05, 0) is 74.5 Å². The number of anilines is 2. The third kappa shape index (κ3) is 6.38. The molecule has 0 unspecified atom stereocenters. The number of terminal acetylenes is 1. The Balaban J connectivity index is 1.14. The molecule has 44 heavy (non-hydrogen) atoms. The number of ketones is 1. The fraction of sp³-hybridized carbons (Fsp3) is 0.353. The number of aromatic amines is 1. The fourth-order valence-corrected chi connectivity index (χ4v) is 5.90. The summed E-state index contributed by atoms with van der Waals surface area (Å²) in [6.45, 7) is 2.98. The van der Waals surface area contributed by atoms with Crippen molar-refractivity contribution in [1.29, 1.82) is 0 Å². The zero-order valence-electron chi connectivity index (χ0n) is 24.8. The number of H-pyrrole nitrogens is 1. The van der Waals surface area contributed by atoms with Crippen molar-refractivity contribution < 1.29 is 19.1 Å². The lowest BCUT2D eigenvalue weighted by Gasteiger charge is -2.32. The van der Waals surface area contributed by atoms with Crippen molar-refractivity contribution in [3.8, 4) is 29.7 Å². The number of likely N-dealkylation sites (tertiary alicyclic amines) is 1. The second kappa shape index (κ2) is 13.2. The lowest BCUT2D eigenvalue weighted by atomic mass is 10.0. The highest BCUT2D eigenvalue weighted by Gasteiger charge is 2.25. The van der Waals surface area contributed by atoms with Crippen molar-refractivity contribution in [3.05, 3.63) is 65.4 Å². The average molecular weight is 593 g/mol. The van der Waals surface area contributed by atoms with Crippen LogP contribution in [-0.4, -0.2) is 64.3 Å². The van der Waals surface area contributed by atoms with E-state index in [1.54, 1.807) is 37.6 Å². The number of Topliss-reactive ketones (excluding diaryl/α,β-unsaturated/α-hetero) is 1. The van der Waals surface area contributed by atoms with Crippen LogP contribution < -0.4 is 20.1 Å². The van der Waals surface area contributed by atoms with Crippen LogP contribution in [0.2, 0.25) is 0 Å². The van der Waals surface area contributed by atoms with Crippen LogP contribution in [0.4, 0.5) is 11.6 Å². The van der Waals surface area contributed by atoms with Crippen LogP contribution in [0.1, 0.15) is 64.8 Å². The lowest BCUT2D eigenvalue weighted by Crippen LogP contribution is -2.44. The first-order valence-electron chi connectivity index (χ1n) is 15.1. The van der Waals surface area contributed by atoms with Gasteiger partial charge in [0.2, 0.25) is 11.8 Å². The summed E-state index contributed by atoms with van der Waals surface area (Å²) < 4.78 is 11.9. The predicted molar refractivity (Wildman–Crippen MR) is 169 cm³/mol. The van der Waals surface area contributed by atoms with Gasteiger partial charge in [-0.3, -0.25) is 9.59 Å². The number of amides is 1. The van der Waals surface area contributed by atoms with Crippen LogP contribution in [-0.2, 0) is 6.42 Å². The highest BCUT2D eigenvalue weighted by atomic mass is 16.5. The number of ether oxygens (including phenoxy) is 2. The van der Waals surface area contributed by atoms with E-state index < -0.39 is 0 Å². The van der Waals surface area contributed by atoms with Crippen molar-refractivity contribution in [3.63, 3.8) is 0 Å². The fourth-order valence-electron chi connectivity index (χ4n) is 5.90. The third-order valence-corrected chi connectivity index (χ3v) is 8.28. The molecule has 4 aromatic rings. The first kappa shape index (κ1) is 29.2. The average Bonchev–Trinajstić information content (AvgIpc) is 3.67. The Morgan fingerprint density at radius 1 is 1.11 bits per heavy atom. The number of hydrogen-bond donors (Lipinski definition) is 3. The molecule has 1 aliphatic carbocycles. The number of piperidine rings is 1. The van der Waals surface area contributed by atoms with E-state index in [0.717, 1.165) is 57.3 Å². The molecule has 0 spiro atoms. The van der Waals surface area contributed by atoms with Gasteiger partial charge in [-0.1, -0.05) is 12.1 Å². The molecule has 2 aromatic heterocycles. The Morgan fingerprint density at radius 2 is 1.98 bits per heavy atom. The zero-order chi connectivity index (χ0) is 30.5. The van der Waals surface area contributed by atoms with E-state index in [-0.39, 0.29) is 23.7 Å². The molecule has 3 heterocycles. The van der Waals surface area contributed by atoms with Gasteiger partial charge in [0.25, 0.3) is 5.91 Å². The van der Waals surface area contributed by atoms with Gasteiger partial charge < -0.3 is 30.0 Å². The number of fused-ring (bicyclic) bond motifs is 2. The maximum Gasteiger partial charge on any atom is 0.251 e. The minimum absolute atomic E-state index is 0.0691. The molecule has 2 aliphatic rings. The first-order valence-corrected chi connectivity index (χ1v) is 15.1. The maximum atomic E-state index is 13.1. The van der Waals surface area contributed by atoms with Gasteiger partial charge in [-0.2, -0.15) is 9.97 Å². The van der Waals surface area contributed by atoms with Crippen LogP contribution in [0, 0.1) is 12.3 Å². The van der Waals surface area contributed by atoms with Gasteiger partial charge >= 0.3 is 0 Å². The third-order valence-electron chi connectivity index (χ3n) is 8.28. The number of rotatable bonds is 11. The molecule has 2 aromatic carbocycles. The molecule has 0 bridgehead atoms. The Hall–Kier alpha value is -4.88. The molecule has 226 valence electrons. The summed E-state index contributed by atoms with van der Waals surface area (Å²) in [5.41, 5.74) is 3.27. The van der Waals surface area contributed by atoms with Crippen molar-refractivity contribution in [1.82, 2.24) is 25.2 Å². The number of aryl methyl sites for hydroxylation is 1. The quantitative estimate of drug-likeness (QED) is 0.151. The smallest absolute Gasteiger partial charge is 0.251 e. The Bertz CT molecular complexity index is 1720. The summed E-state index contributed by atoms with van der Waals surface area (Å²) in [7, 11) is 1.55. The number of nitrogens with zero attached hydrogens (tertiary/aromatic N) is 3. The van der Waals surface area contributed by atoms with Crippen LogP contribution in [0.25, 0.3) is 11.0 Å². The second-order valence-electron chi connectivity index (χ2n) is 11.2. The number of carbonyl (C=O) groups is 2. The summed E-state index contributed by atoms with van der Waals surface area (Å²) in [5, 5.41) is 7.08. The predicted octanol–water partition coefficient (Wildman–Crippen LogP) is 5.63. The minimum atomic E-state index is -0.132. The zero-order valence-corrected chi connectivity index (χ0v) is 24.8. The van der Waals surface area contributed by atoms with Gasteiger partial charge in [-0.25, -0.2) is 0 Å². The van der Waals surface area contributed by atoms with Gasteiger partial charge in [-0.15, -0.1) is 12.3 Å². The molecule has 0 radical (unpaired) electrons. The molecule has 1 amide bonds. The molecule has 1 aliphatic heterocycles. The van der Waals surface area contributed by atoms with E-state index in [4.69, 9.17) is 15.9 Å². The molecule has 1 saturated heterocycles. The lowest BCUT2D eigenvalue weighted by molar-refractivity contribution is 0.0909. The van der Waals surface area contributed by atoms with E-state index in [2.05, 4.69) is 36.4 Å². The van der Waals surface area contributed by atoms with Gasteiger partial charge in [0.1, 0.15) is 17.1 Å². The SMILES string of the molecule is C#CCCCCN1CCC(NC(=O)c2ccc(Nc3nc(Oc4cccc5c4C(=O)CC5)c4cc[nH]c4n3)c(OC)c2)CC1. The van der Waals surface area contributed by atoms with E-state index in [1.807, 2.05) is 18.2 Å². The summed E-state index contributed by atoms with van der Waals surface area (Å²) in [4.78, 5) is 40.4. The van der Waals surface area contributed by atoms with Crippen molar-refractivity contribution >= 4 is 34.4 Å². The normalized spacial score (nSPS) is 15.1. The maximum absolute atomic E-state index is 13.1. The Labute approximate surface area is 256 Å². The van der Waals surface area contributed by atoms with Crippen molar-refractivity contribution in [2.45, 2.75) is 51.0 Å². The van der Waals surface area contributed by atoms with Crippen molar-refractivity contribution in [2.24, 2.45) is 0 Å². The number of benzene rings is 2. The van der Waals surface area contributed by atoms with Gasteiger partial charge in [0, 0.05) is 43.7 Å². The van der Waals surface area contributed by atoms with Crippen LogP contribution in [0.5, 0.6) is 17.4 Å². The molecule has 0 saturated carbocycles. The highest BCUT2D eigenvalue weighted by molar-refractivity contribution is 6.03. The molecule has 1 fully saturated rings. The number of methoxy groups -OCH3 is 1. The summed E-state index contributed by atoms with van der Waals surface area (Å²) in [5.74, 6) is 4.18. The van der Waals surface area contributed by atoms with Crippen molar-refractivity contribution in [2.75, 3.05) is 32.1 Å². The van der Waals surface area contributed by atoms with Crippen LogP contribution in [0.15, 0.2) is 48.7 Å². The standard InChI is InChI=1S/C34H36N6O4/c1-3-4-5-6-18-40-19-15-24(16-20-40)36-32(42)23-10-12-26(29(21-23)43-2)37-34-38-31-25(14-17-35-31)33(39-34)44-28-9-7-8-22-11-13-27(41)30(22)28/h1,7-10,12,14,17,21,24H,4-6,11,13,15-16,18-20H2,2H3,(H,36,42)(H2,35,37,38,39). The molecule has 0 atom stereocenters. The van der Waals surface area contributed by atoms with E-state index in [0.29, 0.717) is 58.1 Å². The summed E-state index contributed by atoms with van der Waals surface area (Å²) in [6.07, 6.45) is 13.1. The van der Waals surface area contributed by atoms with E-state index in [1.165, 1.54) is 0 Å². The number of nitrogens with one attached hydrogen (secondary N) is 3. The molecule has 10 nitrogen and oxygen atoms in total. The minimum Gasteiger partial charge on any atom is -0.495 e. The molecular weight excluding hydrogens is 556 g/mol. The largest absolute Gasteiger partial charge is 0.495 e. The number of aromatic nitrogens is 3. The van der Waals surface area contributed by atoms with Gasteiger partial charge in [0.15, 0.2) is 5.78 Å². The number of carbonyl (C=O) groups excluding carboxylic acids is 2. The molecule has 6 rings (SSSR count). The van der Waals surface area contributed by atoms with E-state index in [9.17, 15) is 9.59 Å². The van der Waals surface area contributed by atoms with E-state index >= 15 is 0 Å². The second-order valence-corrected chi connectivity index (χ2v) is 11.2. The highest BCUT2D eigenvalue weighted by Crippen LogP contribution is 2.36. The number of unbranched alkanes of at least 4 members (excludes halogenated alkanes) is 2. The summed E-state index contributed by atoms with van der Waals surface area (Å²) in [6, 6.07) is 12.8.